The van der Waals surface area contributed by atoms with Crippen LogP contribution in [0.4, 0.5) is 5.82 Å². The van der Waals surface area contributed by atoms with Crippen LogP contribution in [0, 0.1) is 0 Å². The molecule has 2 heterocycles. The number of rotatable bonds is 4. The molecular formula is C14H21BrN4O. The number of hydrogen-bond donors (Lipinski definition) is 1. The molecular weight excluding hydrogens is 320 g/mol. The van der Waals surface area contributed by atoms with E-state index in [4.69, 9.17) is 0 Å². The molecule has 1 saturated heterocycles. The number of anilines is 1. The van der Waals surface area contributed by atoms with Gasteiger partial charge in [-0.25, -0.2) is 9.97 Å². The van der Waals surface area contributed by atoms with Crippen LogP contribution in [0.25, 0.3) is 0 Å². The van der Waals surface area contributed by atoms with Crippen LogP contribution in [-0.4, -0.2) is 39.9 Å². The van der Waals surface area contributed by atoms with Gasteiger partial charge < -0.3 is 10.2 Å². The Kier molecular flexibility index (Phi) is 4.96. The Bertz CT molecular complexity index is 486. The normalized spacial score (nSPS) is 16.6. The highest BCUT2D eigenvalue weighted by Crippen LogP contribution is 2.18. The van der Waals surface area contributed by atoms with E-state index < -0.39 is 0 Å². The molecule has 1 aliphatic heterocycles. The monoisotopic (exact) mass is 340 g/mol. The summed E-state index contributed by atoms with van der Waals surface area (Å²) in [4.78, 5) is 23.0. The van der Waals surface area contributed by atoms with Crippen LogP contribution in [0.1, 0.15) is 45.4 Å². The van der Waals surface area contributed by atoms with E-state index in [2.05, 4.69) is 31.2 Å². The maximum absolute atomic E-state index is 12.3. The number of nitrogens with one attached hydrogen (secondary N) is 1. The Balaban J connectivity index is 2.06. The lowest BCUT2D eigenvalue weighted by molar-refractivity contribution is -0.130. The molecule has 1 aromatic rings. The number of nitrogens with zero attached hydrogens (tertiary/aromatic N) is 3. The molecule has 1 aromatic heterocycles. The fourth-order valence-corrected chi connectivity index (χ4v) is 2.66. The van der Waals surface area contributed by atoms with Crippen LogP contribution in [0.15, 0.2) is 10.7 Å². The third-order valence-corrected chi connectivity index (χ3v) is 3.79. The van der Waals surface area contributed by atoms with E-state index in [9.17, 15) is 4.79 Å². The summed E-state index contributed by atoms with van der Waals surface area (Å²) in [6.07, 6.45) is 2.21. The van der Waals surface area contributed by atoms with Crippen molar-refractivity contribution >= 4 is 27.7 Å². The number of carbonyl (C=O) groups is 1. The van der Waals surface area contributed by atoms with Crippen LogP contribution in [0.5, 0.6) is 0 Å². The molecule has 110 valence electrons. The first-order valence-electron chi connectivity index (χ1n) is 7.07. The third kappa shape index (κ3) is 3.69. The zero-order chi connectivity index (χ0) is 14.7. The number of aromatic nitrogens is 2. The molecule has 5 nitrogen and oxygen atoms in total. The van der Waals surface area contributed by atoms with Gasteiger partial charge in [-0.2, -0.15) is 0 Å². The highest BCUT2D eigenvalue weighted by molar-refractivity contribution is 9.10. The molecule has 6 heteroatoms. The lowest BCUT2D eigenvalue weighted by Gasteiger charge is -2.21. The van der Waals surface area contributed by atoms with Gasteiger partial charge in [0.25, 0.3) is 0 Å². The van der Waals surface area contributed by atoms with Crippen molar-refractivity contribution in [2.24, 2.45) is 0 Å². The zero-order valence-corrected chi connectivity index (χ0v) is 13.8. The first kappa shape index (κ1) is 15.2. The predicted octanol–water partition coefficient (Wildman–Crippen LogP) is 2.79. The van der Waals surface area contributed by atoms with Gasteiger partial charge in [0.1, 0.15) is 22.3 Å². The van der Waals surface area contributed by atoms with Gasteiger partial charge in [-0.15, -0.1) is 0 Å². The van der Waals surface area contributed by atoms with Crippen LogP contribution < -0.4 is 5.32 Å². The van der Waals surface area contributed by atoms with Crippen LogP contribution in [-0.2, 0) is 4.79 Å². The minimum Gasteiger partial charge on any atom is -0.358 e. The van der Waals surface area contributed by atoms with E-state index in [0.717, 1.165) is 36.4 Å². The topological polar surface area (TPSA) is 58.1 Å². The molecule has 0 radical (unpaired) electrons. The zero-order valence-electron chi connectivity index (χ0n) is 12.2. The highest BCUT2D eigenvalue weighted by atomic mass is 79.9. The molecule has 1 unspecified atom stereocenters. The molecule has 0 bridgehead atoms. The minimum atomic E-state index is -0.269. The Morgan fingerprint density at radius 1 is 1.30 bits per heavy atom. The summed E-state index contributed by atoms with van der Waals surface area (Å²) < 4.78 is 0.736. The van der Waals surface area contributed by atoms with Gasteiger partial charge in [0, 0.05) is 25.1 Å². The van der Waals surface area contributed by atoms with Crippen LogP contribution >= 0.6 is 15.9 Å². The fourth-order valence-electron chi connectivity index (χ4n) is 2.26. The van der Waals surface area contributed by atoms with Gasteiger partial charge in [-0.1, -0.05) is 13.8 Å². The van der Waals surface area contributed by atoms with Gasteiger partial charge in [-0.3, -0.25) is 4.79 Å². The van der Waals surface area contributed by atoms with Crippen molar-refractivity contribution in [2.75, 3.05) is 18.4 Å². The summed E-state index contributed by atoms with van der Waals surface area (Å²) in [6.45, 7) is 7.71. The molecule has 0 spiro atoms. The maximum atomic E-state index is 12.3. The molecule has 2 rings (SSSR count). The fraction of sp³-hybridized carbons (Fsp3) is 0.643. The summed E-state index contributed by atoms with van der Waals surface area (Å²) >= 11 is 3.39. The van der Waals surface area contributed by atoms with E-state index in [1.165, 1.54) is 0 Å². The lowest BCUT2D eigenvalue weighted by atomic mass is 10.2. The Labute approximate surface area is 128 Å². The molecule has 0 aliphatic carbocycles. The van der Waals surface area contributed by atoms with Crippen LogP contribution in [0.3, 0.4) is 0 Å². The van der Waals surface area contributed by atoms with Gasteiger partial charge in [0.05, 0.1) is 0 Å². The lowest BCUT2D eigenvalue weighted by Crippen LogP contribution is -2.39. The van der Waals surface area contributed by atoms with E-state index >= 15 is 0 Å². The summed E-state index contributed by atoms with van der Waals surface area (Å²) in [5, 5.41) is 3.18. The second kappa shape index (κ2) is 6.52. The smallest absolute Gasteiger partial charge is 0.244 e. The minimum absolute atomic E-state index is 0.142. The van der Waals surface area contributed by atoms with Crippen molar-refractivity contribution in [3.8, 4) is 0 Å². The van der Waals surface area contributed by atoms with Gasteiger partial charge in [0.2, 0.25) is 5.91 Å². The Morgan fingerprint density at radius 3 is 2.55 bits per heavy atom. The summed E-state index contributed by atoms with van der Waals surface area (Å²) in [5.41, 5.74) is 0. The van der Waals surface area contributed by atoms with Crippen molar-refractivity contribution in [3.63, 3.8) is 0 Å². The second-order valence-corrected chi connectivity index (χ2v) is 6.30. The first-order valence-corrected chi connectivity index (χ1v) is 7.86. The summed E-state index contributed by atoms with van der Waals surface area (Å²) in [7, 11) is 0. The predicted molar refractivity (Wildman–Crippen MR) is 82.7 cm³/mol. The molecule has 0 saturated carbocycles. The summed E-state index contributed by atoms with van der Waals surface area (Å²) in [6, 6.07) is 1.54. The molecule has 1 N–H and O–H groups in total. The van der Waals surface area contributed by atoms with Gasteiger partial charge in [-0.05, 0) is 35.7 Å². The number of likely N-dealkylation sites (tertiary alicyclic amines) is 1. The SMILES string of the molecule is CC(Nc1cc(Br)nc(C(C)C)n1)C(=O)N1CCCC1. The van der Waals surface area contributed by atoms with Crippen LogP contribution in [0.2, 0.25) is 0 Å². The molecule has 0 aromatic carbocycles. The standard InChI is InChI=1S/C14H21BrN4O/c1-9(2)13-17-11(15)8-12(18-13)16-10(3)14(20)19-6-4-5-7-19/h8-10H,4-7H2,1-3H3,(H,16,17,18). The average molecular weight is 341 g/mol. The van der Waals surface area contributed by atoms with E-state index in [1.54, 1.807) is 6.07 Å². The van der Waals surface area contributed by atoms with E-state index in [0.29, 0.717) is 5.82 Å². The molecule has 1 fully saturated rings. The van der Waals surface area contributed by atoms with Gasteiger partial charge >= 0.3 is 0 Å². The maximum Gasteiger partial charge on any atom is 0.244 e. The number of halogens is 1. The molecule has 1 aliphatic rings. The van der Waals surface area contributed by atoms with Crippen molar-refractivity contribution in [2.45, 2.75) is 45.6 Å². The largest absolute Gasteiger partial charge is 0.358 e. The molecule has 1 atom stereocenters. The van der Waals surface area contributed by atoms with Crippen molar-refractivity contribution < 1.29 is 4.79 Å². The Morgan fingerprint density at radius 2 is 1.95 bits per heavy atom. The molecule has 1 amide bonds. The highest BCUT2D eigenvalue weighted by Gasteiger charge is 2.23. The van der Waals surface area contributed by atoms with E-state index in [1.807, 2.05) is 25.7 Å². The number of hydrogen-bond acceptors (Lipinski definition) is 4. The first-order chi connectivity index (χ1) is 9.47. The van der Waals surface area contributed by atoms with Gasteiger partial charge in [0.15, 0.2) is 0 Å². The van der Waals surface area contributed by atoms with Crippen molar-refractivity contribution in [3.05, 3.63) is 16.5 Å². The number of carbonyl (C=O) groups excluding carboxylic acids is 1. The second-order valence-electron chi connectivity index (χ2n) is 5.49. The number of amides is 1. The summed E-state index contributed by atoms with van der Waals surface area (Å²) in [5.74, 6) is 1.85. The van der Waals surface area contributed by atoms with Crippen molar-refractivity contribution in [1.29, 1.82) is 0 Å². The molecule has 20 heavy (non-hydrogen) atoms. The average Bonchev–Trinajstić information content (AvgIpc) is 2.90. The third-order valence-electron chi connectivity index (χ3n) is 3.38. The van der Waals surface area contributed by atoms with Crippen molar-refractivity contribution in [1.82, 2.24) is 14.9 Å². The van der Waals surface area contributed by atoms with E-state index in [-0.39, 0.29) is 17.9 Å². The Hall–Kier alpha value is -1.17. The quantitative estimate of drug-likeness (QED) is 0.856.